The lowest BCUT2D eigenvalue weighted by atomic mass is 10.0. The number of piperidine rings is 1. The summed E-state index contributed by atoms with van der Waals surface area (Å²) in [5, 5.41) is 9.83. The molecule has 1 heterocycles. The molecule has 4 heteroatoms. The van der Waals surface area contributed by atoms with Gasteiger partial charge < -0.3 is 14.7 Å². The van der Waals surface area contributed by atoms with Crippen LogP contribution in [0.4, 0.5) is 0 Å². The molecule has 0 atom stereocenters. The van der Waals surface area contributed by atoms with Crippen molar-refractivity contribution in [2.24, 2.45) is 0 Å². The molecule has 0 bridgehead atoms. The highest BCUT2D eigenvalue weighted by atomic mass is 16.5. The summed E-state index contributed by atoms with van der Waals surface area (Å²) >= 11 is 0. The molecule has 1 aromatic rings. The second kappa shape index (κ2) is 6.95. The Morgan fingerprint density at radius 3 is 2.60 bits per heavy atom. The summed E-state index contributed by atoms with van der Waals surface area (Å²) in [7, 11) is 3.75. The highest BCUT2D eigenvalue weighted by Crippen LogP contribution is 2.27. The van der Waals surface area contributed by atoms with Crippen molar-refractivity contribution in [1.29, 1.82) is 0 Å². The molecule has 0 saturated carbocycles. The highest BCUT2D eigenvalue weighted by Gasteiger charge is 2.21. The summed E-state index contributed by atoms with van der Waals surface area (Å²) in [4.78, 5) is 4.90. The largest absolute Gasteiger partial charge is 0.504 e. The van der Waals surface area contributed by atoms with E-state index in [4.69, 9.17) is 4.74 Å². The Hall–Kier alpha value is -1.26. The van der Waals surface area contributed by atoms with Crippen molar-refractivity contribution in [3.05, 3.63) is 23.8 Å². The zero-order valence-corrected chi connectivity index (χ0v) is 12.8. The molecule has 20 heavy (non-hydrogen) atoms. The van der Waals surface area contributed by atoms with Crippen molar-refractivity contribution >= 4 is 0 Å². The van der Waals surface area contributed by atoms with Crippen LogP contribution >= 0.6 is 0 Å². The van der Waals surface area contributed by atoms with Crippen LogP contribution in [0, 0.1) is 0 Å². The Kier molecular flexibility index (Phi) is 5.26. The van der Waals surface area contributed by atoms with E-state index in [1.807, 2.05) is 12.1 Å². The molecular weight excluding hydrogens is 252 g/mol. The standard InChI is InChI=1S/C16H26N2O2/c1-4-18-9-7-14(8-10-18)17(2)12-13-5-6-16(20-3)15(19)11-13/h5-6,11,14,19H,4,7-10,12H2,1-3H3. The number of hydrogen-bond donors (Lipinski definition) is 1. The van der Waals surface area contributed by atoms with Crippen LogP contribution in [0.2, 0.25) is 0 Å². The van der Waals surface area contributed by atoms with Gasteiger partial charge in [-0.1, -0.05) is 13.0 Å². The Labute approximate surface area is 122 Å². The maximum atomic E-state index is 9.83. The third-order valence-corrected chi connectivity index (χ3v) is 4.30. The van der Waals surface area contributed by atoms with Crippen molar-refractivity contribution in [3.63, 3.8) is 0 Å². The van der Waals surface area contributed by atoms with E-state index in [0.717, 1.165) is 18.7 Å². The van der Waals surface area contributed by atoms with Gasteiger partial charge in [0.15, 0.2) is 11.5 Å². The maximum absolute atomic E-state index is 9.83. The van der Waals surface area contributed by atoms with Crippen LogP contribution in [0.1, 0.15) is 25.3 Å². The molecule has 0 radical (unpaired) electrons. The third-order valence-electron chi connectivity index (χ3n) is 4.30. The minimum absolute atomic E-state index is 0.221. The number of benzene rings is 1. The lowest BCUT2D eigenvalue weighted by Gasteiger charge is -2.36. The van der Waals surface area contributed by atoms with E-state index >= 15 is 0 Å². The van der Waals surface area contributed by atoms with Gasteiger partial charge in [0.25, 0.3) is 0 Å². The first kappa shape index (κ1) is 15.1. The molecule has 112 valence electrons. The van der Waals surface area contributed by atoms with Crippen molar-refractivity contribution in [2.45, 2.75) is 32.4 Å². The highest BCUT2D eigenvalue weighted by molar-refractivity contribution is 5.41. The van der Waals surface area contributed by atoms with Crippen LogP contribution in [0.15, 0.2) is 18.2 Å². The normalized spacial score (nSPS) is 17.6. The van der Waals surface area contributed by atoms with Crippen LogP contribution in [-0.4, -0.2) is 54.7 Å². The number of likely N-dealkylation sites (tertiary alicyclic amines) is 1. The molecule has 1 saturated heterocycles. The van der Waals surface area contributed by atoms with Gasteiger partial charge in [-0.25, -0.2) is 0 Å². The molecule has 1 aliphatic rings. The van der Waals surface area contributed by atoms with Gasteiger partial charge in [-0.2, -0.15) is 0 Å². The van der Waals surface area contributed by atoms with Crippen LogP contribution in [-0.2, 0) is 6.54 Å². The van der Waals surface area contributed by atoms with Crippen molar-refractivity contribution in [3.8, 4) is 11.5 Å². The van der Waals surface area contributed by atoms with Crippen molar-refractivity contribution in [1.82, 2.24) is 9.80 Å². The van der Waals surface area contributed by atoms with Crippen LogP contribution in [0.5, 0.6) is 11.5 Å². The Morgan fingerprint density at radius 2 is 2.05 bits per heavy atom. The second-order valence-corrected chi connectivity index (χ2v) is 5.59. The summed E-state index contributed by atoms with van der Waals surface area (Å²) in [5.41, 5.74) is 1.13. The third kappa shape index (κ3) is 3.64. The van der Waals surface area contributed by atoms with Gasteiger partial charge in [-0.3, -0.25) is 4.90 Å². The van der Waals surface area contributed by atoms with E-state index < -0.39 is 0 Å². The van der Waals surface area contributed by atoms with Gasteiger partial charge in [0, 0.05) is 12.6 Å². The molecule has 1 aliphatic heterocycles. The van der Waals surface area contributed by atoms with Gasteiger partial charge in [-0.05, 0) is 57.2 Å². The zero-order chi connectivity index (χ0) is 14.5. The molecule has 1 aromatic carbocycles. The average Bonchev–Trinajstić information content (AvgIpc) is 2.47. The predicted molar refractivity (Wildman–Crippen MR) is 81.3 cm³/mol. The smallest absolute Gasteiger partial charge is 0.160 e. The summed E-state index contributed by atoms with van der Waals surface area (Å²) in [6.07, 6.45) is 2.46. The Balaban J connectivity index is 1.91. The summed E-state index contributed by atoms with van der Waals surface area (Å²) in [6, 6.07) is 6.30. The van der Waals surface area contributed by atoms with E-state index in [1.54, 1.807) is 13.2 Å². The molecule has 4 nitrogen and oxygen atoms in total. The van der Waals surface area contributed by atoms with E-state index in [9.17, 15) is 5.11 Å². The average molecular weight is 278 g/mol. The van der Waals surface area contributed by atoms with E-state index in [0.29, 0.717) is 11.8 Å². The summed E-state index contributed by atoms with van der Waals surface area (Å²) < 4.78 is 5.08. The van der Waals surface area contributed by atoms with E-state index in [-0.39, 0.29) is 5.75 Å². The quantitative estimate of drug-likeness (QED) is 0.896. The number of hydrogen-bond acceptors (Lipinski definition) is 4. The summed E-state index contributed by atoms with van der Waals surface area (Å²) in [6.45, 7) is 6.64. The van der Waals surface area contributed by atoms with E-state index in [2.05, 4.69) is 23.8 Å². The number of methoxy groups -OCH3 is 1. The fourth-order valence-corrected chi connectivity index (χ4v) is 2.93. The molecule has 0 aromatic heterocycles. The number of aromatic hydroxyl groups is 1. The first-order valence-electron chi connectivity index (χ1n) is 7.42. The topological polar surface area (TPSA) is 35.9 Å². The van der Waals surface area contributed by atoms with E-state index in [1.165, 1.54) is 25.9 Å². The molecule has 1 fully saturated rings. The first-order chi connectivity index (χ1) is 9.63. The summed E-state index contributed by atoms with van der Waals surface area (Å²) in [5.74, 6) is 0.756. The lowest BCUT2D eigenvalue weighted by Crippen LogP contribution is -2.42. The molecule has 0 unspecified atom stereocenters. The molecule has 0 aliphatic carbocycles. The van der Waals surface area contributed by atoms with Crippen LogP contribution < -0.4 is 4.74 Å². The van der Waals surface area contributed by atoms with Gasteiger partial charge in [0.1, 0.15) is 0 Å². The number of rotatable bonds is 5. The van der Waals surface area contributed by atoms with Gasteiger partial charge in [-0.15, -0.1) is 0 Å². The van der Waals surface area contributed by atoms with Gasteiger partial charge >= 0.3 is 0 Å². The first-order valence-corrected chi connectivity index (χ1v) is 7.42. The maximum Gasteiger partial charge on any atom is 0.160 e. The number of nitrogens with zero attached hydrogens (tertiary/aromatic N) is 2. The van der Waals surface area contributed by atoms with Crippen molar-refractivity contribution < 1.29 is 9.84 Å². The SMILES string of the molecule is CCN1CCC(N(C)Cc2ccc(OC)c(O)c2)CC1. The number of ether oxygens (including phenoxy) is 1. The lowest BCUT2D eigenvalue weighted by molar-refractivity contribution is 0.127. The Morgan fingerprint density at radius 1 is 1.35 bits per heavy atom. The number of phenolic OH excluding ortho intramolecular Hbond substituents is 1. The predicted octanol–water partition coefficient (Wildman–Crippen LogP) is 2.32. The molecule has 2 rings (SSSR count). The van der Waals surface area contributed by atoms with Gasteiger partial charge in [0.2, 0.25) is 0 Å². The second-order valence-electron chi connectivity index (χ2n) is 5.59. The van der Waals surface area contributed by atoms with Crippen LogP contribution in [0.25, 0.3) is 0 Å². The monoisotopic (exact) mass is 278 g/mol. The Bertz CT molecular complexity index is 428. The van der Waals surface area contributed by atoms with Gasteiger partial charge in [0.05, 0.1) is 7.11 Å². The minimum atomic E-state index is 0.221. The number of phenols is 1. The molecule has 0 spiro atoms. The minimum Gasteiger partial charge on any atom is -0.504 e. The van der Waals surface area contributed by atoms with Crippen LogP contribution in [0.3, 0.4) is 0 Å². The van der Waals surface area contributed by atoms with Crippen molar-refractivity contribution in [2.75, 3.05) is 33.8 Å². The zero-order valence-electron chi connectivity index (χ0n) is 12.8. The fraction of sp³-hybridized carbons (Fsp3) is 0.625. The fourth-order valence-electron chi connectivity index (χ4n) is 2.93. The molecule has 1 N–H and O–H groups in total. The molecule has 0 amide bonds. The molecular formula is C16H26N2O2.